The number of hydrogen-bond acceptors (Lipinski definition) is 4. The smallest absolute Gasteiger partial charge is 0.193 e. The van der Waals surface area contributed by atoms with Crippen molar-refractivity contribution in [1.29, 1.82) is 0 Å². The number of rotatable bonds is 3. The molecule has 112 valence electrons. The van der Waals surface area contributed by atoms with Crippen molar-refractivity contribution < 1.29 is 9.16 Å². The number of nitrogens with two attached hydrogens (primary N) is 1. The number of anilines is 1. The zero-order valence-electron chi connectivity index (χ0n) is 13.2. The minimum Gasteiger partial charge on any atom is -0.403 e. The van der Waals surface area contributed by atoms with Gasteiger partial charge < -0.3 is 14.9 Å². The van der Waals surface area contributed by atoms with Crippen molar-refractivity contribution in [2.45, 2.75) is 50.9 Å². The third-order valence-corrected chi connectivity index (χ3v) is 9.01. The van der Waals surface area contributed by atoms with Gasteiger partial charge in [-0.25, -0.2) is 0 Å². The van der Waals surface area contributed by atoms with Crippen molar-refractivity contribution in [2.75, 3.05) is 18.9 Å². The molecule has 0 aromatic carbocycles. The van der Waals surface area contributed by atoms with Crippen molar-refractivity contribution in [3.05, 3.63) is 24.0 Å². The first-order valence-electron chi connectivity index (χ1n) is 7.16. The molecule has 4 nitrogen and oxygen atoms in total. The summed E-state index contributed by atoms with van der Waals surface area (Å²) in [5.41, 5.74) is 7.10. The van der Waals surface area contributed by atoms with E-state index in [-0.39, 0.29) is 5.04 Å². The van der Waals surface area contributed by atoms with Crippen LogP contribution in [0.2, 0.25) is 18.1 Å². The van der Waals surface area contributed by atoms with Gasteiger partial charge in [0.05, 0.1) is 12.3 Å². The van der Waals surface area contributed by atoms with Crippen molar-refractivity contribution in [3.8, 4) is 0 Å². The third kappa shape index (κ3) is 2.89. The molecule has 0 radical (unpaired) electrons. The average Bonchev–Trinajstić information content (AvgIpc) is 2.76. The van der Waals surface area contributed by atoms with E-state index in [1.165, 1.54) is 0 Å². The van der Waals surface area contributed by atoms with Gasteiger partial charge in [-0.15, -0.1) is 0 Å². The predicted molar refractivity (Wildman–Crippen MR) is 84.0 cm³/mol. The highest BCUT2D eigenvalue weighted by Crippen LogP contribution is 2.44. The highest BCUT2D eigenvalue weighted by molar-refractivity contribution is 6.74. The molecule has 0 saturated carbocycles. The van der Waals surface area contributed by atoms with Gasteiger partial charge in [-0.3, -0.25) is 4.98 Å². The molecule has 1 saturated heterocycles. The van der Waals surface area contributed by atoms with Crippen LogP contribution in [0, 0.1) is 0 Å². The summed E-state index contributed by atoms with van der Waals surface area (Å²) in [4.78, 5) is 4.50. The van der Waals surface area contributed by atoms with Gasteiger partial charge in [-0.2, -0.15) is 0 Å². The summed E-state index contributed by atoms with van der Waals surface area (Å²) in [6.07, 6.45) is 2.59. The molecular formula is C15H26N2O2Si. The molecule has 1 aliphatic rings. The minimum atomic E-state index is -1.90. The number of pyridine rings is 1. The summed E-state index contributed by atoms with van der Waals surface area (Å²) in [6, 6.07) is 3.72. The summed E-state index contributed by atoms with van der Waals surface area (Å²) < 4.78 is 12.3. The molecule has 0 bridgehead atoms. The maximum atomic E-state index is 6.69. The molecule has 1 atom stereocenters. The van der Waals surface area contributed by atoms with Crippen LogP contribution in [0.15, 0.2) is 18.3 Å². The van der Waals surface area contributed by atoms with Crippen molar-refractivity contribution in [3.63, 3.8) is 0 Å². The maximum Gasteiger partial charge on any atom is 0.193 e. The van der Waals surface area contributed by atoms with Crippen molar-refractivity contribution in [2.24, 2.45) is 0 Å². The van der Waals surface area contributed by atoms with E-state index in [1.54, 1.807) is 12.3 Å². The van der Waals surface area contributed by atoms with Crippen LogP contribution in [0.1, 0.15) is 32.9 Å². The van der Waals surface area contributed by atoms with Crippen LogP contribution in [0.25, 0.3) is 0 Å². The molecule has 1 unspecified atom stereocenters. The lowest BCUT2D eigenvalue weighted by atomic mass is 9.98. The van der Waals surface area contributed by atoms with Gasteiger partial charge >= 0.3 is 0 Å². The van der Waals surface area contributed by atoms with Gasteiger partial charge in [0.15, 0.2) is 8.32 Å². The molecule has 2 rings (SSSR count). The molecule has 1 aliphatic heterocycles. The standard InChI is InChI=1S/C15H26N2O2Si/c1-14(2,3)20(4,5)19-15(7-9-18-11-15)13-10-12(16)6-8-17-13/h6,8,10H,7,9,11H2,1-5H3,(H2,16,17). The summed E-state index contributed by atoms with van der Waals surface area (Å²) in [7, 11) is -1.90. The topological polar surface area (TPSA) is 57.4 Å². The van der Waals surface area contributed by atoms with Crippen molar-refractivity contribution in [1.82, 2.24) is 4.98 Å². The number of nitrogen functional groups attached to an aromatic ring is 1. The van der Waals surface area contributed by atoms with Gasteiger partial charge in [0.1, 0.15) is 5.60 Å². The van der Waals surface area contributed by atoms with Crippen LogP contribution in [-0.2, 0) is 14.8 Å². The van der Waals surface area contributed by atoms with E-state index in [2.05, 4.69) is 38.8 Å². The maximum absolute atomic E-state index is 6.69. The fraction of sp³-hybridized carbons (Fsp3) is 0.667. The van der Waals surface area contributed by atoms with Gasteiger partial charge in [0, 0.05) is 24.9 Å². The minimum absolute atomic E-state index is 0.156. The number of aromatic nitrogens is 1. The largest absolute Gasteiger partial charge is 0.403 e. The van der Waals surface area contributed by atoms with Crippen LogP contribution in [0.3, 0.4) is 0 Å². The van der Waals surface area contributed by atoms with E-state index in [1.807, 2.05) is 6.07 Å². The van der Waals surface area contributed by atoms with Gasteiger partial charge in [0.25, 0.3) is 0 Å². The molecular weight excluding hydrogens is 268 g/mol. The van der Waals surface area contributed by atoms with Crippen LogP contribution in [0.4, 0.5) is 5.69 Å². The fourth-order valence-corrected chi connectivity index (χ4v) is 3.77. The summed E-state index contributed by atoms with van der Waals surface area (Å²) in [5.74, 6) is 0. The molecule has 1 aromatic rings. The highest BCUT2D eigenvalue weighted by Gasteiger charge is 2.48. The Morgan fingerprint density at radius 2 is 2.10 bits per heavy atom. The van der Waals surface area contributed by atoms with E-state index in [0.717, 1.165) is 17.8 Å². The second-order valence-corrected chi connectivity index (χ2v) is 11.9. The quantitative estimate of drug-likeness (QED) is 0.869. The lowest BCUT2D eigenvalue weighted by Gasteiger charge is -2.43. The molecule has 0 spiro atoms. The molecule has 5 heteroatoms. The Kier molecular flexibility index (Phi) is 3.97. The zero-order chi connectivity index (χ0) is 15.0. The van der Waals surface area contributed by atoms with Gasteiger partial charge in [0.2, 0.25) is 0 Å². The molecule has 20 heavy (non-hydrogen) atoms. The van der Waals surface area contributed by atoms with E-state index >= 15 is 0 Å². The number of nitrogens with zero attached hydrogens (tertiary/aromatic N) is 1. The first-order chi connectivity index (χ1) is 9.16. The number of ether oxygens (including phenoxy) is 1. The van der Waals surface area contributed by atoms with Crippen LogP contribution in [0.5, 0.6) is 0 Å². The molecule has 0 aliphatic carbocycles. The predicted octanol–water partition coefficient (Wildman–Crippen LogP) is 3.30. The lowest BCUT2D eigenvalue weighted by Crippen LogP contribution is -2.49. The van der Waals surface area contributed by atoms with Crippen molar-refractivity contribution >= 4 is 14.0 Å². The first kappa shape index (κ1) is 15.5. The molecule has 1 fully saturated rings. The van der Waals surface area contributed by atoms with Gasteiger partial charge in [-0.05, 0) is 30.3 Å². The SMILES string of the molecule is CC(C)(C)[Si](C)(C)OC1(c2cc(N)ccn2)CCOC1. The molecule has 1 aromatic heterocycles. The Hall–Kier alpha value is -0.913. The van der Waals surface area contributed by atoms with Gasteiger partial charge in [-0.1, -0.05) is 20.8 Å². The Labute approximate surface area is 122 Å². The Morgan fingerprint density at radius 3 is 2.60 bits per heavy atom. The highest BCUT2D eigenvalue weighted by atomic mass is 28.4. The average molecular weight is 294 g/mol. The fourth-order valence-electron chi connectivity index (χ4n) is 2.22. The third-order valence-electron chi connectivity index (χ3n) is 4.49. The molecule has 0 amide bonds. The number of hydrogen-bond donors (Lipinski definition) is 1. The molecule has 2 heterocycles. The van der Waals surface area contributed by atoms with Crippen LogP contribution in [-0.4, -0.2) is 26.5 Å². The second kappa shape index (κ2) is 5.13. The zero-order valence-corrected chi connectivity index (χ0v) is 14.2. The summed E-state index contributed by atoms with van der Waals surface area (Å²) in [5, 5.41) is 0.156. The van der Waals surface area contributed by atoms with E-state index in [4.69, 9.17) is 14.9 Å². The van der Waals surface area contributed by atoms with Crippen LogP contribution < -0.4 is 5.73 Å². The van der Waals surface area contributed by atoms with E-state index < -0.39 is 13.9 Å². The monoisotopic (exact) mass is 294 g/mol. The van der Waals surface area contributed by atoms with E-state index in [0.29, 0.717) is 13.2 Å². The van der Waals surface area contributed by atoms with Crippen LogP contribution >= 0.6 is 0 Å². The van der Waals surface area contributed by atoms with E-state index in [9.17, 15) is 0 Å². The molecule has 2 N–H and O–H groups in total. The second-order valence-electron chi connectivity index (χ2n) is 7.13. The lowest BCUT2D eigenvalue weighted by molar-refractivity contribution is 0.0309. The normalized spacial score (nSPS) is 24.1. The summed E-state index contributed by atoms with van der Waals surface area (Å²) >= 11 is 0. The Bertz CT molecular complexity index is 477. The Morgan fingerprint density at radius 1 is 1.40 bits per heavy atom. The first-order valence-corrected chi connectivity index (χ1v) is 10.1. The Balaban J connectivity index is 2.36. The summed E-state index contributed by atoms with van der Waals surface area (Å²) in [6.45, 7) is 12.5.